The molecule has 74 valence electrons. The molecule has 3 amide bonds. The molecule has 1 saturated heterocycles. The van der Waals surface area contributed by atoms with Crippen molar-refractivity contribution in [3.63, 3.8) is 0 Å². The molecule has 0 radical (unpaired) electrons. The van der Waals surface area contributed by atoms with Gasteiger partial charge in [0, 0.05) is 26.2 Å². The normalized spacial score (nSPS) is 18.0. The summed E-state index contributed by atoms with van der Waals surface area (Å²) < 4.78 is 0. The van der Waals surface area contributed by atoms with E-state index in [1.54, 1.807) is 0 Å². The van der Waals surface area contributed by atoms with Crippen molar-refractivity contribution in [1.29, 1.82) is 0 Å². The molecule has 0 aromatic carbocycles. The van der Waals surface area contributed by atoms with Crippen LogP contribution in [-0.4, -0.2) is 49.6 Å². The molecule has 0 aromatic rings. The second kappa shape index (κ2) is 4.66. The van der Waals surface area contributed by atoms with Gasteiger partial charge in [0.15, 0.2) is 0 Å². The number of nitrogens with two attached hydrogens (primary N) is 1. The van der Waals surface area contributed by atoms with Crippen LogP contribution in [0.3, 0.4) is 0 Å². The zero-order chi connectivity index (χ0) is 9.68. The summed E-state index contributed by atoms with van der Waals surface area (Å²) in [5.74, 6) is 0.0327. The molecule has 0 unspecified atom stereocenters. The van der Waals surface area contributed by atoms with Crippen molar-refractivity contribution in [1.82, 2.24) is 15.5 Å². The lowest BCUT2D eigenvalue weighted by Crippen LogP contribution is -2.49. The zero-order valence-electron chi connectivity index (χ0n) is 7.38. The summed E-state index contributed by atoms with van der Waals surface area (Å²) in [5, 5.41) is 5.19. The first kappa shape index (κ1) is 9.79. The average Bonchev–Trinajstić information content (AvgIpc) is 2.03. The first-order valence-corrected chi connectivity index (χ1v) is 4.21. The average molecular weight is 186 g/mol. The minimum Gasteiger partial charge on any atom is -0.354 e. The number of hydrogen-bond donors (Lipinski definition) is 3. The molecule has 0 aromatic heterocycles. The molecule has 1 heterocycles. The van der Waals surface area contributed by atoms with Crippen LogP contribution in [0.15, 0.2) is 0 Å². The minimum atomic E-state index is -0.526. The molecular formula is C7H14N4O2. The largest absolute Gasteiger partial charge is 0.354 e. The van der Waals surface area contributed by atoms with Gasteiger partial charge in [-0.25, -0.2) is 4.79 Å². The van der Waals surface area contributed by atoms with Crippen molar-refractivity contribution in [3.8, 4) is 0 Å². The molecule has 0 atom stereocenters. The topological polar surface area (TPSA) is 87.5 Å². The fourth-order valence-electron chi connectivity index (χ4n) is 1.22. The molecule has 6 nitrogen and oxygen atoms in total. The van der Waals surface area contributed by atoms with Gasteiger partial charge < -0.3 is 16.4 Å². The first-order chi connectivity index (χ1) is 6.18. The summed E-state index contributed by atoms with van der Waals surface area (Å²) in [6, 6.07) is -0.526. The molecule has 4 N–H and O–H groups in total. The van der Waals surface area contributed by atoms with Crippen molar-refractivity contribution in [3.05, 3.63) is 0 Å². The Hall–Kier alpha value is -1.30. The van der Waals surface area contributed by atoms with E-state index in [0.717, 1.165) is 6.54 Å². The van der Waals surface area contributed by atoms with E-state index in [1.807, 2.05) is 4.90 Å². The van der Waals surface area contributed by atoms with Gasteiger partial charge in [-0.2, -0.15) is 0 Å². The number of hydrogen-bond acceptors (Lipinski definition) is 3. The summed E-state index contributed by atoms with van der Waals surface area (Å²) in [5.41, 5.74) is 4.89. The molecule has 1 rings (SSSR count). The Morgan fingerprint density at radius 3 is 3.08 bits per heavy atom. The number of rotatable bonds is 3. The molecule has 6 heteroatoms. The Labute approximate surface area is 76.4 Å². The van der Waals surface area contributed by atoms with Crippen LogP contribution in [0.4, 0.5) is 4.79 Å². The number of piperazine rings is 1. The Kier molecular flexibility index (Phi) is 3.51. The van der Waals surface area contributed by atoms with Crippen LogP contribution >= 0.6 is 0 Å². The third-order valence-electron chi connectivity index (χ3n) is 1.84. The summed E-state index contributed by atoms with van der Waals surface area (Å²) in [7, 11) is 0. The summed E-state index contributed by atoms with van der Waals surface area (Å²) >= 11 is 0. The van der Waals surface area contributed by atoms with E-state index in [1.165, 1.54) is 0 Å². The van der Waals surface area contributed by atoms with Gasteiger partial charge in [-0.05, 0) is 0 Å². The molecule has 1 aliphatic rings. The summed E-state index contributed by atoms with van der Waals surface area (Å²) in [4.78, 5) is 23.2. The van der Waals surface area contributed by atoms with E-state index in [9.17, 15) is 9.59 Å². The number of nitrogens with one attached hydrogen (secondary N) is 2. The van der Waals surface area contributed by atoms with Crippen LogP contribution in [0.5, 0.6) is 0 Å². The third kappa shape index (κ3) is 3.75. The van der Waals surface area contributed by atoms with Crippen LogP contribution in [0.25, 0.3) is 0 Å². The van der Waals surface area contributed by atoms with Crippen LogP contribution in [-0.2, 0) is 4.79 Å². The lowest BCUT2D eigenvalue weighted by atomic mass is 10.3. The number of nitrogens with zero attached hydrogens (tertiary/aromatic N) is 1. The second-order valence-electron chi connectivity index (χ2n) is 2.92. The Bertz CT molecular complexity index is 207. The maximum Gasteiger partial charge on any atom is 0.312 e. The highest BCUT2D eigenvalue weighted by Crippen LogP contribution is 1.91. The molecular weight excluding hydrogens is 172 g/mol. The van der Waals surface area contributed by atoms with Gasteiger partial charge in [-0.3, -0.25) is 9.69 Å². The highest BCUT2D eigenvalue weighted by atomic mass is 16.2. The number of primary amides is 1. The quantitative estimate of drug-likeness (QED) is 0.480. The number of carbonyl (C=O) groups is 2. The highest BCUT2D eigenvalue weighted by Gasteiger charge is 2.14. The van der Waals surface area contributed by atoms with Crippen LogP contribution < -0.4 is 16.4 Å². The van der Waals surface area contributed by atoms with Crippen LogP contribution in [0.2, 0.25) is 0 Å². The second-order valence-corrected chi connectivity index (χ2v) is 2.92. The maximum atomic E-state index is 10.9. The van der Waals surface area contributed by atoms with E-state index in [4.69, 9.17) is 5.73 Å². The van der Waals surface area contributed by atoms with E-state index in [-0.39, 0.29) is 5.91 Å². The van der Waals surface area contributed by atoms with Gasteiger partial charge in [0.05, 0.1) is 6.54 Å². The Morgan fingerprint density at radius 1 is 1.69 bits per heavy atom. The lowest BCUT2D eigenvalue weighted by molar-refractivity contribution is -0.124. The van der Waals surface area contributed by atoms with E-state index >= 15 is 0 Å². The highest BCUT2D eigenvalue weighted by molar-refractivity contribution is 5.78. The zero-order valence-corrected chi connectivity index (χ0v) is 7.38. The smallest absolute Gasteiger partial charge is 0.312 e. The van der Waals surface area contributed by atoms with Gasteiger partial charge in [-0.15, -0.1) is 0 Å². The number of amides is 3. The van der Waals surface area contributed by atoms with Crippen LogP contribution in [0.1, 0.15) is 0 Å². The van der Waals surface area contributed by atoms with E-state index in [0.29, 0.717) is 26.2 Å². The summed E-state index contributed by atoms with van der Waals surface area (Å²) in [6.07, 6.45) is 0. The van der Waals surface area contributed by atoms with Crippen LogP contribution in [0, 0.1) is 0 Å². The molecule has 0 saturated carbocycles. The first-order valence-electron chi connectivity index (χ1n) is 4.21. The fourth-order valence-corrected chi connectivity index (χ4v) is 1.22. The lowest BCUT2D eigenvalue weighted by Gasteiger charge is -2.26. The van der Waals surface area contributed by atoms with Crippen molar-refractivity contribution < 1.29 is 9.59 Å². The predicted octanol–water partition coefficient (Wildman–Crippen LogP) is -1.91. The van der Waals surface area contributed by atoms with Crippen molar-refractivity contribution in [2.45, 2.75) is 0 Å². The maximum absolute atomic E-state index is 10.9. The van der Waals surface area contributed by atoms with E-state index < -0.39 is 6.03 Å². The predicted molar refractivity (Wildman–Crippen MR) is 47.0 cm³/mol. The summed E-state index contributed by atoms with van der Waals surface area (Å²) in [6.45, 7) is 3.06. The van der Waals surface area contributed by atoms with Gasteiger partial charge >= 0.3 is 6.03 Å². The Morgan fingerprint density at radius 2 is 2.46 bits per heavy atom. The van der Waals surface area contributed by atoms with Gasteiger partial charge in [0.1, 0.15) is 0 Å². The molecule has 1 fully saturated rings. The third-order valence-corrected chi connectivity index (χ3v) is 1.84. The van der Waals surface area contributed by atoms with Crippen molar-refractivity contribution in [2.24, 2.45) is 5.73 Å². The molecule has 1 aliphatic heterocycles. The molecule has 0 bridgehead atoms. The van der Waals surface area contributed by atoms with Gasteiger partial charge in [-0.1, -0.05) is 0 Å². The Balaban J connectivity index is 2.13. The molecule has 0 aliphatic carbocycles. The molecule has 13 heavy (non-hydrogen) atoms. The van der Waals surface area contributed by atoms with E-state index in [2.05, 4.69) is 10.6 Å². The standard InChI is InChI=1S/C7H14N4O2/c8-7(13)10-2-4-11-3-1-9-6(12)5-11/h1-5H2,(H,9,12)(H3,8,10,13). The van der Waals surface area contributed by atoms with Crippen molar-refractivity contribution >= 4 is 11.9 Å². The monoisotopic (exact) mass is 186 g/mol. The molecule has 0 spiro atoms. The van der Waals surface area contributed by atoms with Crippen molar-refractivity contribution in [2.75, 3.05) is 32.7 Å². The minimum absolute atomic E-state index is 0.0327. The number of urea groups is 1. The van der Waals surface area contributed by atoms with Gasteiger partial charge in [0.2, 0.25) is 5.91 Å². The van der Waals surface area contributed by atoms with Gasteiger partial charge in [0.25, 0.3) is 0 Å². The number of carbonyl (C=O) groups excluding carboxylic acids is 2. The fraction of sp³-hybridized carbons (Fsp3) is 0.714. The SMILES string of the molecule is NC(=O)NCCN1CCNC(=O)C1.